The maximum Gasteiger partial charge on any atom is 0.236 e. The summed E-state index contributed by atoms with van der Waals surface area (Å²) in [6.45, 7) is 14.3. The summed E-state index contributed by atoms with van der Waals surface area (Å²) in [5, 5.41) is 12.9. The van der Waals surface area contributed by atoms with E-state index in [-0.39, 0.29) is 12.0 Å². The van der Waals surface area contributed by atoms with Gasteiger partial charge in [-0.3, -0.25) is 14.7 Å². The molecule has 0 aliphatic carbocycles. The maximum absolute atomic E-state index is 12.7. The smallest absolute Gasteiger partial charge is 0.236 e. The standard InChI is InChI=1S/C23H45N5O2/c1-4-23(5-2,11-18-29)20-25-22(24-6-3)28-16-14-26(15-17-28)19-21(30)27-12-9-7-8-10-13-27/h29H,4-20H2,1-3H3,(H,24,25). The molecule has 0 saturated carbocycles. The quantitative estimate of drug-likeness (QED) is 0.439. The van der Waals surface area contributed by atoms with Crippen LogP contribution in [0.25, 0.3) is 0 Å². The first kappa shape index (κ1) is 24.9. The van der Waals surface area contributed by atoms with Gasteiger partial charge in [-0.2, -0.15) is 0 Å². The number of nitrogens with zero attached hydrogens (tertiary/aromatic N) is 4. The molecule has 2 aliphatic rings. The lowest BCUT2D eigenvalue weighted by atomic mass is 9.79. The molecule has 0 aromatic rings. The lowest BCUT2D eigenvalue weighted by Crippen LogP contribution is -2.54. The molecule has 0 atom stereocenters. The van der Waals surface area contributed by atoms with E-state index in [2.05, 4.69) is 40.8 Å². The third kappa shape index (κ3) is 7.41. The Balaban J connectivity index is 1.89. The lowest BCUT2D eigenvalue weighted by molar-refractivity contribution is -0.132. The van der Waals surface area contributed by atoms with E-state index in [1.165, 1.54) is 12.8 Å². The Morgan fingerprint density at radius 2 is 1.57 bits per heavy atom. The van der Waals surface area contributed by atoms with Crippen molar-refractivity contribution in [3.8, 4) is 0 Å². The molecule has 2 N–H and O–H groups in total. The summed E-state index contributed by atoms with van der Waals surface area (Å²) < 4.78 is 0. The van der Waals surface area contributed by atoms with E-state index in [4.69, 9.17) is 4.99 Å². The van der Waals surface area contributed by atoms with Gasteiger partial charge in [0, 0.05) is 59.0 Å². The summed E-state index contributed by atoms with van der Waals surface area (Å²) in [6, 6.07) is 0. The van der Waals surface area contributed by atoms with Crippen LogP contribution >= 0.6 is 0 Å². The zero-order valence-corrected chi connectivity index (χ0v) is 19.7. The van der Waals surface area contributed by atoms with Crippen molar-refractivity contribution in [2.24, 2.45) is 10.4 Å². The van der Waals surface area contributed by atoms with Crippen LogP contribution in [-0.2, 0) is 4.79 Å². The molecule has 0 bridgehead atoms. The van der Waals surface area contributed by atoms with E-state index in [0.717, 1.165) is 90.4 Å². The number of likely N-dealkylation sites (tertiary alicyclic amines) is 1. The monoisotopic (exact) mass is 423 g/mol. The second kappa shape index (κ2) is 13.2. The van der Waals surface area contributed by atoms with Gasteiger partial charge in [-0.25, -0.2) is 0 Å². The third-order valence-electron chi connectivity index (χ3n) is 7.03. The molecular formula is C23H45N5O2. The molecule has 174 valence electrons. The Bertz CT molecular complexity index is 520. The second-order valence-corrected chi connectivity index (χ2v) is 8.91. The van der Waals surface area contributed by atoms with Crippen molar-refractivity contribution >= 4 is 11.9 Å². The van der Waals surface area contributed by atoms with Crippen LogP contribution in [0.2, 0.25) is 0 Å². The highest BCUT2D eigenvalue weighted by atomic mass is 16.3. The molecule has 7 nitrogen and oxygen atoms in total. The molecule has 2 fully saturated rings. The number of rotatable bonds is 9. The molecular weight excluding hydrogens is 378 g/mol. The first-order valence-electron chi connectivity index (χ1n) is 12.2. The number of piperazine rings is 1. The van der Waals surface area contributed by atoms with Crippen LogP contribution in [-0.4, -0.2) is 97.2 Å². The minimum absolute atomic E-state index is 0.0802. The Hall–Kier alpha value is -1.34. The van der Waals surface area contributed by atoms with Gasteiger partial charge < -0.3 is 20.2 Å². The fraction of sp³-hybridized carbons (Fsp3) is 0.913. The number of hydrogen-bond acceptors (Lipinski definition) is 4. The van der Waals surface area contributed by atoms with Crippen LogP contribution in [0, 0.1) is 5.41 Å². The Labute approximate surface area is 183 Å². The molecule has 0 aromatic heterocycles. The van der Waals surface area contributed by atoms with Crippen molar-refractivity contribution in [2.75, 3.05) is 65.5 Å². The molecule has 1 amide bonds. The summed E-state index contributed by atoms with van der Waals surface area (Å²) in [4.78, 5) is 24.3. The third-order valence-corrected chi connectivity index (χ3v) is 7.03. The van der Waals surface area contributed by atoms with Gasteiger partial charge in [-0.05, 0) is 44.4 Å². The Morgan fingerprint density at radius 1 is 0.933 bits per heavy atom. The lowest BCUT2D eigenvalue weighted by Gasteiger charge is -2.37. The molecule has 2 rings (SSSR count). The van der Waals surface area contributed by atoms with Crippen LogP contribution in [0.3, 0.4) is 0 Å². The molecule has 2 saturated heterocycles. The van der Waals surface area contributed by atoms with Crippen molar-refractivity contribution in [1.82, 2.24) is 20.0 Å². The number of hydrogen-bond donors (Lipinski definition) is 2. The fourth-order valence-electron chi connectivity index (χ4n) is 4.54. The zero-order valence-electron chi connectivity index (χ0n) is 19.7. The van der Waals surface area contributed by atoms with Crippen molar-refractivity contribution in [2.45, 2.75) is 65.7 Å². The van der Waals surface area contributed by atoms with E-state index in [1.807, 2.05) is 0 Å². The van der Waals surface area contributed by atoms with Gasteiger partial charge in [0.15, 0.2) is 5.96 Å². The molecule has 0 radical (unpaired) electrons. The first-order valence-corrected chi connectivity index (χ1v) is 12.2. The van der Waals surface area contributed by atoms with E-state index in [1.54, 1.807) is 0 Å². The number of aliphatic imine (C=N–C) groups is 1. The summed E-state index contributed by atoms with van der Waals surface area (Å²) in [5.41, 5.74) is 0.0802. The molecule has 0 aromatic carbocycles. The van der Waals surface area contributed by atoms with Crippen molar-refractivity contribution in [3.63, 3.8) is 0 Å². The van der Waals surface area contributed by atoms with Crippen LogP contribution in [0.15, 0.2) is 4.99 Å². The number of carbonyl (C=O) groups is 1. The minimum atomic E-state index is 0.0802. The molecule has 0 unspecified atom stereocenters. The zero-order chi connectivity index (χ0) is 21.8. The summed E-state index contributed by atoms with van der Waals surface area (Å²) >= 11 is 0. The van der Waals surface area contributed by atoms with Crippen molar-refractivity contribution in [3.05, 3.63) is 0 Å². The van der Waals surface area contributed by atoms with Gasteiger partial charge in [-0.15, -0.1) is 0 Å². The fourth-order valence-corrected chi connectivity index (χ4v) is 4.54. The number of carbonyl (C=O) groups excluding carboxylic acids is 1. The molecule has 2 aliphatic heterocycles. The second-order valence-electron chi connectivity index (χ2n) is 8.91. The SMILES string of the molecule is CCNC(=NCC(CC)(CC)CCO)N1CCN(CC(=O)N2CCCCCC2)CC1. The van der Waals surface area contributed by atoms with Crippen LogP contribution < -0.4 is 5.32 Å². The topological polar surface area (TPSA) is 71.4 Å². The Kier molecular flexibility index (Phi) is 10.9. The minimum Gasteiger partial charge on any atom is -0.396 e. The van der Waals surface area contributed by atoms with Crippen LogP contribution in [0.5, 0.6) is 0 Å². The summed E-state index contributed by atoms with van der Waals surface area (Å²) in [6.07, 6.45) is 7.66. The number of nitrogens with one attached hydrogen (secondary N) is 1. The van der Waals surface area contributed by atoms with Gasteiger partial charge >= 0.3 is 0 Å². The summed E-state index contributed by atoms with van der Waals surface area (Å²) in [7, 11) is 0. The predicted molar refractivity (Wildman–Crippen MR) is 124 cm³/mol. The van der Waals surface area contributed by atoms with Gasteiger partial charge in [0.05, 0.1) is 6.54 Å². The van der Waals surface area contributed by atoms with Crippen molar-refractivity contribution in [1.29, 1.82) is 0 Å². The van der Waals surface area contributed by atoms with E-state index >= 15 is 0 Å². The largest absolute Gasteiger partial charge is 0.396 e. The Morgan fingerprint density at radius 3 is 2.10 bits per heavy atom. The number of amides is 1. The van der Waals surface area contributed by atoms with E-state index in [0.29, 0.717) is 12.5 Å². The highest BCUT2D eigenvalue weighted by Crippen LogP contribution is 2.30. The highest BCUT2D eigenvalue weighted by molar-refractivity contribution is 5.80. The molecule has 7 heteroatoms. The van der Waals surface area contributed by atoms with Gasteiger partial charge in [0.25, 0.3) is 0 Å². The predicted octanol–water partition coefficient (Wildman–Crippen LogP) is 2.16. The average molecular weight is 424 g/mol. The maximum atomic E-state index is 12.7. The number of aliphatic hydroxyl groups is 1. The first-order chi connectivity index (χ1) is 14.6. The summed E-state index contributed by atoms with van der Waals surface area (Å²) in [5.74, 6) is 1.27. The van der Waals surface area contributed by atoms with Crippen LogP contribution in [0.4, 0.5) is 0 Å². The number of aliphatic hydroxyl groups excluding tert-OH is 1. The van der Waals surface area contributed by atoms with E-state index in [9.17, 15) is 9.90 Å². The van der Waals surface area contributed by atoms with Gasteiger partial charge in [0.2, 0.25) is 5.91 Å². The average Bonchev–Trinajstić information content (AvgIpc) is 3.06. The highest BCUT2D eigenvalue weighted by Gasteiger charge is 2.27. The molecule has 30 heavy (non-hydrogen) atoms. The van der Waals surface area contributed by atoms with Crippen molar-refractivity contribution < 1.29 is 9.90 Å². The normalized spacial score (nSPS) is 19.7. The van der Waals surface area contributed by atoms with Gasteiger partial charge in [-0.1, -0.05) is 26.7 Å². The van der Waals surface area contributed by atoms with E-state index < -0.39 is 0 Å². The number of guanidine groups is 1. The van der Waals surface area contributed by atoms with Crippen LogP contribution in [0.1, 0.15) is 65.7 Å². The molecule has 2 heterocycles. The van der Waals surface area contributed by atoms with Gasteiger partial charge in [0.1, 0.15) is 0 Å². The molecule has 0 spiro atoms.